The fourth-order valence-corrected chi connectivity index (χ4v) is 4.05. The molecule has 0 radical (unpaired) electrons. The van der Waals surface area contributed by atoms with E-state index in [1.165, 1.54) is 47.3 Å². The van der Waals surface area contributed by atoms with Crippen molar-refractivity contribution in [3.05, 3.63) is 87.5 Å². The van der Waals surface area contributed by atoms with Gasteiger partial charge in [0.1, 0.15) is 11.4 Å². The molecule has 1 N–H and O–H groups in total. The summed E-state index contributed by atoms with van der Waals surface area (Å²) in [4.78, 5) is 54.2. The maximum Gasteiger partial charge on any atom is 0.337 e. The van der Waals surface area contributed by atoms with E-state index >= 15 is 0 Å². The molecule has 0 saturated heterocycles. The van der Waals surface area contributed by atoms with Gasteiger partial charge in [0.05, 0.1) is 17.1 Å². The number of rotatable bonds is 12. The third kappa shape index (κ3) is 7.41. The van der Waals surface area contributed by atoms with Gasteiger partial charge < -0.3 is 19.9 Å². The van der Waals surface area contributed by atoms with Crippen molar-refractivity contribution in [3.63, 3.8) is 0 Å². The molecule has 1 aliphatic heterocycles. The van der Waals surface area contributed by atoms with Gasteiger partial charge in [0.15, 0.2) is 0 Å². The van der Waals surface area contributed by atoms with Crippen molar-refractivity contribution in [2.45, 2.75) is 52.4 Å². The van der Waals surface area contributed by atoms with Crippen molar-refractivity contribution >= 4 is 23.5 Å². The van der Waals surface area contributed by atoms with Crippen LogP contribution in [-0.2, 0) is 19.1 Å². The number of unbranched alkanes of at least 4 members (excludes halogenated alkanes) is 3. The number of likely N-dealkylation sites (N-methyl/N-ethyl adjacent to an activating group) is 2. The van der Waals surface area contributed by atoms with E-state index < -0.39 is 28.6 Å². The molecule has 1 aliphatic rings. The lowest BCUT2D eigenvalue weighted by molar-refractivity contribution is -0.385. The van der Waals surface area contributed by atoms with Gasteiger partial charge in [-0.05, 0) is 26.3 Å². The van der Waals surface area contributed by atoms with Gasteiger partial charge in [-0.1, -0.05) is 56.5 Å². The number of amides is 2. The largest absolute Gasteiger partial charge is 0.462 e. The van der Waals surface area contributed by atoms with E-state index in [-0.39, 0.29) is 34.8 Å². The number of hydrogen-bond donors (Lipinski definition) is 1. The Balaban J connectivity index is 2.72. The topological polar surface area (TPSA) is 122 Å². The molecule has 1 heterocycles. The molecule has 2 rings (SSSR count). The van der Waals surface area contributed by atoms with Crippen LogP contribution in [0.3, 0.4) is 0 Å². The molecule has 204 valence electrons. The molecule has 10 heteroatoms. The van der Waals surface area contributed by atoms with Gasteiger partial charge in [0.25, 0.3) is 17.5 Å². The number of carbonyl (C=O) groups excluding carboxylic acids is 3. The van der Waals surface area contributed by atoms with Crippen LogP contribution in [0.25, 0.3) is 0 Å². The molecule has 1 aromatic rings. The summed E-state index contributed by atoms with van der Waals surface area (Å²) in [5.74, 6) is -2.95. The van der Waals surface area contributed by atoms with Crippen LogP contribution >= 0.6 is 0 Å². The highest BCUT2D eigenvalue weighted by atomic mass is 16.6. The van der Waals surface area contributed by atoms with E-state index in [0.29, 0.717) is 6.42 Å². The molecule has 0 aliphatic carbocycles. The fourth-order valence-electron chi connectivity index (χ4n) is 4.05. The predicted molar refractivity (Wildman–Crippen MR) is 144 cm³/mol. The number of ether oxygens (including phenoxy) is 1. The molecular formula is C28H36N4O6. The van der Waals surface area contributed by atoms with Gasteiger partial charge in [0.2, 0.25) is 0 Å². The molecular weight excluding hydrogens is 488 g/mol. The van der Waals surface area contributed by atoms with Crippen molar-refractivity contribution in [3.8, 4) is 0 Å². The van der Waals surface area contributed by atoms with Crippen LogP contribution in [0, 0.1) is 10.1 Å². The van der Waals surface area contributed by atoms with E-state index in [1.807, 2.05) is 0 Å². The Labute approximate surface area is 223 Å². The number of carbonyl (C=O) groups is 3. The third-order valence-corrected chi connectivity index (χ3v) is 5.92. The number of nitro groups is 1. The number of dihydropyridines is 1. The first-order valence-corrected chi connectivity index (χ1v) is 12.6. The Morgan fingerprint density at radius 1 is 1.03 bits per heavy atom. The third-order valence-electron chi connectivity index (χ3n) is 5.92. The number of allylic oxidation sites excluding steroid dienone is 3. The first kappa shape index (κ1) is 30.0. The molecule has 0 spiro atoms. The van der Waals surface area contributed by atoms with Crippen LogP contribution in [0.5, 0.6) is 0 Å². The standard InChI is InChI=1S/C28H36N4O6/c1-6-9-10-13-18-38-28(35)24-21(20-14-11-12-15-23(20)32(36)37)19-22(26(33)30(4)16-7-2)29-25(24)27(34)31(5)17-8-3/h7-8,11-12,14-17,19,21,29H,6,9-10,13,18H2,1-5H3. The first-order chi connectivity index (χ1) is 18.2. The second-order valence-electron chi connectivity index (χ2n) is 8.78. The van der Waals surface area contributed by atoms with E-state index in [1.54, 1.807) is 45.3 Å². The van der Waals surface area contributed by atoms with Crippen LogP contribution in [0.2, 0.25) is 0 Å². The number of hydrogen-bond acceptors (Lipinski definition) is 7. The minimum absolute atomic E-state index is 0.00507. The highest BCUT2D eigenvalue weighted by Gasteiger charge is 2.38. The highest BCUT2D eigenvalue weighted by Crippen LogP contribution is 2.38. The Bertz CT molecular complexity index is 1170. The molecule has 0 aromatic heterocycles. The minimum atomic E-state index is -1.09. The van der Waals surface area contributed by atoms with Gasteiger partial charge in [-0.3, -0.25) is 19.7 Å². The summed E-state index contributed by atoms with van der Waals surface area (Å²) in [7, 11) is 3.05. The number of nitrogens with one attached hydrogen (secondary N) is 1. The number of nitro benzene ring substituents is 1. The molecule has 38 heavy (non-hydrogen) atoms. The molecule has 2 amide bonds. The molecule has 1 atom stereocenters. The van der Waals surface area contributed by atoms with Crippen LogP contribution < -0.4 is 5.32 Å². The Hall–Kier alpha value is -4.21. The van der Waals surface area contributed by atoms with Gasteiger partial charge in [-0.15, -0.1) is 0 Å². The van der Waals surface area contributed by atoms with E-state index in [2.05, 4.69) is 12.2 Å². The summed E-state index contributed by atoms with van der Waals surface area (Å²) in [6.45, 7) is 5.69. The Kier molecular flexibility index (Phi) is 11.5. The average molecular weight is 525 g/mol. The summed E-state index contributed by atoms with van der Waals surface area (Å²) >= 11 is 0. The molecule has 1 aromatic carbocycles. The Morgan fingerprint density at radius 2 is 1.66 bits per heavy atom. The second-order valence-corrected chi connectivity index (χ2v) is 8.78. The highest BCUT2D eigenvalue weighted by molar-refractivity contribution is 6.07. The SMILES string of the molecule is CC=CN(C)C(=O)C1=CC(c2ccccc2[N+](=O)[O-])C(C(=O)OCCCCCC)=C(C(=O)N(C)C=CC)N1. The molecule has 0 fully saturated rings. The number of para-hydroxylation sites is 1. The normalized spacial score (nSPS) is 15.3. The first-order valence-electron chi connectivity index (χ1n) is 12.6. The maximum absolute atomic E-state index is 13.5. The van der Waals surface area contributed by atoms with Crippen LogP contribution in [0.15, 0.2) is 71.9 Å². The fraction of sp³-hybridized carbons (Fsp3) is 0.393. The summed E-state index contributed by atoms with van der Waals surface area (Å²) in [6, 6.07) is 5.95. The summed E-state index contributed by atoms with van der Waals surface area (Å²) in [5, 5.41) is 14.7. The summed E-state index contributed by atoms with van der Waals surface area (Å²) < 4.78 is 5.55. The lowest BCUT2D eigenvalue weighted by Gasteiger charge is -2.29. The Morgan fingerprint density at radius 3 is 2.26 bits per heavy atom. The number of benzene rings is 1. The van der Waals surface area contributed by atoms with Crippen molar-refractivity contribution in [2.24, 2.45) is 0 Å². The van der Waals surface area contributed by atoms with Gasteiger partial charge in [0, 0.05) is 44.0 Å². The average Bonchev–Trinajstić information content (AvgIpc) is 2.91. The van der Waals surface area contributed by atoms with Crippen molar-refractivity contribution in [2.75, 3.05) is 20.7 Å². The van der Waals surface area contributed by atoms with E-state index in [4.69, 9.17) is 4.74 Å². The van der Waals surface area contributed by atoms with Gasteiger partial charge in [-0.2, -0.15) is 0 Å². The van der Waals surface area contributed by atoms with E-state index in [0.717, 1.165) is 19.3 Å². The van der Waals surface area contributed by atoms with Crippen LogP contribution in [0.1, 0.15) is 57.9 Å². The van der Waals surface area contributed by atoms with Crippen LogP contribution in [-0.4, -0.2) is 53.2 Å². The van der Waals surface area contributed by atoms with Gasteiger partial charge in [-0.25, -0.2) is 4.79 Å². The van der Waals surface area contributed by atoms with Gasteiger partial charge >= 0.3 is 5.97 Å². The van der Waals surface area contributed by atoms with Crippen molar-refractivity contribution < 1.29 is 24.0 Å². The lowest BCUT2D eigenvalue weighted by atomic mass is 9.85. The lowest BCUT2D eigenvalue weighted by Crippen LogP contribution is -2.40. The molecule has 1 unspecified atom stereocenters. The van der Waals surface area contributed by atoms with Crippen molar-refractivity contribution in [1.29, 1.82) is 0 Å². The zero-order chi connectivity index (χ0) is 28.2. The van der Waals surface area contributed by atoms with Crippen molar-refractivity contribution in [1.82, 2.24) is 15.1 Å². The van der Waals surface area contributed by atoms with Crippen LogP contribution in [0.4, 0.5) is 5.69 Å². The second kappa shape index (κ2) is 14.5. The molecule has 0 saturated carbocycles. The quantitative estimate of drug-likeness (QED) is 0.184. The summed E-state index contributed by atoms with van der Waals surface area (Å²) in [5.41, 5.74) is -0.347. The molecule has 10 nitrogen and oxygen atoms in total. The summed E-state index contributed by atoms with van der Waals surface area (Å²) in [6.07, 6.45) is 11.3. The van der Waals surface area contributed by atoms with E-state index in [9.17, 15) is 24.5 Å². The zero-order valence-electron chi connectivity index (χ0n) is 22.6. The number of esters is 1. The predicted octanol–water partition coefficient (Wildman–Crippen LogP) is 4.53. The monoisotopic (exact) mass is 524 g/mol. The number of nitrogens with zero attached hydrogens (tertiary/aromatic N) is 3. The zero-order valence-corrected chi connectivity index (χ0v) is 22.6. The smallest absolute Gasteiger partial charge is 0.337 e. The molecule has 0 bridgehead atoms. The minimum Gasteiger partial charge on any atom is -0.462 e. The maximum atomic E-state index is 13.5.